The molecule has 0 radical (unpaired) electrons. The molecule has 0 aliphatic heterocycles. The molecule has 0 aliphatic rings. The van der Waals surface area contributed by atoms with Crippen LogP contribution < -0.4 is 5.30 Å². The van der Waals surface area contributed by atoms with Crippen molar-refractivity contribution in [2.45, 2.75) is 0 Å². The molecule has 3 heterocycles. The first-order valence-corrected chi connectivity index (χ1v) is 23.0. The number of fused-ring (bicyclic) bond motifs is 6. The molecule has 3 aromatic heterocycles. The van der Waals surface area contributed by atoms with Crippen molar-refractivity contribution in [2.75, 3.05) is 13.3 Å². The van der Waals surface area contributed by atoms with Crippen LogP contribution in [-0.2, 0) is 4.57 Å². The Morgan fingerprint density at radius 3 is 1.66 bits per heavy atom. The summed E-state index contributed by atoms with van der Waals surface area (Å²) >= 11 is 0. The number of para-hydroxylation sites is 2. The predicted molar refractivity (Wildman–Crippen MR) is 253 cm³/mol. The van der Waals surface area contributed by atoms with Crippen LogP contribution in [0.1, 0.15) is 0 Å². The molecular formula is C54H38N5OP. The van der Waals surface area contributed by atoms with Gasteiger partial charge in [0, 0.05) is 54.8 Å². The van der Waals surface area contributed by atoms with E-state index in [0.29, 0.717) is 17.5 Å². The van der Waals surface area contributed by atoms with Crippen LogP contribution in [0.2, 0.25) is 0 Å². The zero-order chi connectivity index (χ0) is 41.1. The van der Waals surface area contributed by atoms with Gasteiger partial charge in [-0.2, -0.15) is 0 Å². The van der Waals surface area contributed by atoms with Crippen molar-refractivity contribution in [1.29, 1.82) is 0 Å². The zero-order valence-electron chi connectivity index (χ0n) is 33.6. The summed E-state index contributed by atoms with van der Waals surface area (Å²) in [5, 5.41) is 6.59. The second kappa shape index (κ2) is 14.6. The molecule has 11 aromatic rings. The largest absolute Gasteiger partial charge is 0.319 e. The van der Waals surface area contributed by atoms with Gasteiger partial charge < -0.3 is 9.13 Å². The van der Waals surface area contributed by atoms with Gasteiger partial charge in [-0.3, -0.25) is 0 Å². The Morgan fingerprint density at radius 2 is 0.951 bits per heavy atom. The van der Waals surface area contributed by atoms with E-state index < -0.39 is 7.14 Å². The minimum Gasteiger partial charge on any atom is -0.319 e. The number of hydrogen-bond donors (Lipinski definition) is 0. The lowest BCUT2D eigenvalue weighted by atomic mass is 9.96. The van der Waals surface area contributed by atoms with Crippen LogP contribution in [0.3, 0.4) is 0 Å². The number of hydrogen-bond acceptors (Lipinski definition) is 5. The molecule has 7 heteroatoms. The van der Waals surface area contributed by atoms with E-state index in [1.54, 1.807) is 13.3 Å². The second-order valence-electron chi connectivity index (χ2n) is 15.8. The van der Waals surface area contributed by atoms with Crippen molar-refractivity contribution >= 4 is 55.9 Å². The zero-order valence-corrected chi connectivity index (χ0v) is 34.5. The van der Waals surface area contributed by atoms with Gasteiger partial charge in [-0.05, 0) is 72.3 Å². The van der Waals surface area contributed by atoms with Crippen LogP contribution in [0.15, 0.2) is 194 Å². The van der Waals surface area contributed by atoms with E-state index in [-0.39, 0.29) is 0 Å². The van der Waals surface area contributed by atoms with Crippen LogP contribution >= 0.6 is 7.14 Å². The van der Waals surface area contributed by atoms with Crippen molar-refractivity contribution in [3.05, 3.63) is 194 Å². The fourth-order valence-corrected chi connectivity index (χ4v) is 9.35. The van der Waals surface area contributed by atoms with Gasteiger partial charge in [0.1, 0.15) is 7.14 Å². The molecule has 0 spiro atoms. The predicted octanol–water partition coefficient (Wildman–Crippen LogP) is 13.3. The summed E-state index contributed by atoms with van der Waals surface area (Å²) in [6.07, 6.45) is 0. The van der Waals surface area contributed by atoms with Crippen LogP contribution in [0.5, 0.6) is 0 Å². The SMILES string of the molecule is CP(C)(=O)c1cccc(-c2nc(-c3ccccc3)nc(-c3ccc(-c4ccc5c(c4)nc(-c4ccccc4)c4cc6c(cc45)c4ccccc4n6-c4ccccc4)cc3)n2)c1. The van der Waals surface area contributed by atoms with Gasteiger partial charge in [0.15, 0.2) is 17.5 Å². The monoisotopic (exact) mass is 803 g/mol. The Hall–Kier alpha value is -7.53. The highest BCUT2D eigenvalue weighted by molar-refractivity contribution is 7.70. The molecule has 0 atom stereocenters. The average molecular weight is 804 g/mol. The first-order valence-electron chi connectivity index (χ1n) is 20.4. The highest BCUT2D eigenvalue weighted by Gasteiger charge is 2.19. The maximum atomic E-state index is 13.0. The number of aromatic nitrogens is 5. The van der Waals surface area contributed by atoms with E-state index in [0.717, 1.165) is 71.9 Å². The highest BCUT2D eigenvalue weighted by Crippen LogP contribution is 2.41. The summed E-state index contributed by atoms with van der Waals surface area (Å²) < 4.78 is 15.4. The van der Waals surface area contributed by atoms with E-state index in [2.05, 4.69) is 144 Å². The Balaban J connectivity index is 1.04. The maximum absolute atomic E-state index is 13.0. The molecule has 0 fully saturated rings. The number of benzene rings is 8. The molecule has 61 heavy (non-hydrogen) atoms. The quantitative estimate of drug-likeness (QED) is 0.118. The third-order valence-corrected chi connectivity index (χ3v) is 13.0. The molecule has 0 saturated heterocycles. The number of pyridine rings is 1. The van der Waals surface area contributed by atoms with Gasteiger partial charge in [0.25, 0.3) is 0 Å². The lowest BCUT2D eigenvalue weighted by Crippen LogP contribution is -2.05. The average Bonchev–Trinajstić information content (AvgIpc) is 3.64. The summed E-state index contributed by atoms with van der Waals surface area (Å²) in [6, 6.07) is 67.1. The van der Waals surface area contributed by atoms with E-state index in [4.69, 9.17) is 19.9 Å². The molecular weight excluding hydrogens is 766 g/mol. The first-order chi connectivity index (χ1) is 29.9. The van der Waals surface area contributed by atoms with E-state index >= 15 is 0 Å². The highest BCUT2D eigenvalue weighted by atomic mass is 31.2. The van der Waals surface area contributed by atoms with Gasteiger partial charge in [0.05, 0.1) is 22.2 Å². The third-order valence-electron chi connectivity index (χ3n) is 11.5. The molecule has 0 bridgehead atoms. The Kier molecular flexibility index (Phi) is 8.76. The number of rotatable bonds is 7. The fourth-order valence-electron chi connectivity index (χ4n) is 8.46. The van der Waals surface area contributed by atoms with Crippen molar-refractivity contribution in [1.82, 2.24) is 24.5 Å². The normalized spacial score (nSPS) is 11.8. The lowest BCUT2D eigenvalue weighted by Gasteiger charge is -2.14. The minimum absolute atomic E-state index is 0.534. The summed E-state index contributed by atoms with van der Waals surface area (Å²) in [6.45, 7) is 3.56. The van der Waals surface area contributed by atoms with Crippen molar-refractivity contribution in [3.63, 3.8) is 0 Å². The maximum Gasteiger partial charge on any atom is 0.164 e. The molecule has 0 amide bonds. The van der Waals surface area contributed by atoms with Crippen molar-refractivity contribution in [3.8, 4) is 62.2 Å². The van der Waals surface area contributed by atoms with E-state index in [9.17, 15) is 4.57 Å². The first kappa shape index (κ1) is 36.5. The molecule has 290 valence electrons. The Labute approximate surface area is 353 Å². The van der Waals surface area contributed by atoms with Crippen molar-refractivity contribution < 1.29 is 4.57 Å². The lowest BCUT2D eigenvalue weighted by molar-refractivity contribution is 0.588. The third kappa shape index (κ3) is 6.58. The summed E-state index contributed by atoms with van der Waals surface area (Å²) in [7, 11) is -2.49. The fraction of sp³-hybridized carbons (Fsp3) is 0.0370. The molecule has 0 aliphatic carbocycles. The molecule has 6 nitrogen and oxygen atoms in total. The minimum atomic E-state index is -2.49. The second-order valence-corrected chi connectivity index (χ2v) is 19.0. The Morgan fingerprint density at radius 1 is 0.377 bits per heavy atom. The molecule has 0 unspecified atom stereocenters. The number of nitrogens with zero attached hydrogens (tertiary/aromatic N) is 5. The van der Waals surface area contributed by atoms with Gasteiger partial charge in [-0.1, -0.05) is 152 Å². The summed E-state index contributed by atoms with van der Waals surface area (Å²) in [5.74, 6) is 1.68. The molecule has 11 rings (SSSR count). The van der Waals surface area contributed by atoms with Gasteiger partial charge in [-0.15, -0.1) is 0 Å². The van der Waals surface area contributed by atoms with Crippen LogP contribution in [-0.4, -0.2) is 37.8 Å². The van der Waals surface area contributed by atoms with Crippen LogP contribution in [0.25, 0.3) is 106 Å². The summed E-state index contributed by atoms with van der Waals surface area (Å²) in [5.41, 5.74) is 11.1. The smallest absolute Gasteiger partial charge is 0.164 e. The van der Waals surface area contributed by atoms with Gasteiger partial charge in [0.2, 0.25) is 0 Å². The summed E-state index contributed by atoms with van der Waals surface area (Å²) in [4.78, 5) is 20.2. The Bertz CT molecular complexity index is 3510. The molecule has 8 aromatic carbocycles. The van der Waals surface area contributed by atoms with E-state index in [1.807, 2.05) is 54.6 Å². The molecule has 0 N–H and O–H groups in total. The van der Waals surface area contributed by atoms with Crippen LogP contribution in [0.4, 0.5) is 0 Å². The topological polar surface area (TPSA) is 73.6 Å². The molecule has 0 saturated carbocycles. The van der Waals surface area contributed by atoms with Gasteiger partial charge in [-0.25, -0.2) is 19.9 Å². The standard InChI is InChI=1S/C54H38N5OP/c1-61(2,60)42-22-14-19-40(31-42)54-57-52(37-17-8-4-9-18-37)56-53(58-54)38-27-25-35(26-28-38)39-29-30-43-45-33-46-44-23-12-13-24-49(44)59(41-20-10-5-11-21-41)50(46)34-47(45)51(55-48(43)32-39)36-15-6-3-7-16-36/h3-34H,1-2H3. The van der Waals surface area contributed by atoms with E-state index in [1.165, 1.54) is 21.7 Å². The van der Waals surface area contributed by atoms with Crippen LogP contribution in [0, 0.1) is 0 Å². The van der Waals surface area contributed by atoms with Crippen molar-refractivity contribution in [2.24, 2.45) is 0 Å². The van der Waals surface area contributed by atoms with Gasteiger partial charge >= 0.3 is 0 Å².